The Kier molecular flexibility index (Phi) is 8.41. The lowest BCUT2D eigenvalue weighted by molar-refractivity contribution is -0.132. The molecule has 1 N–H and O–H groups in total. The van der Waals surface area contributed by atoms with Gasteiger partial charge in [-0.2, -0.15) is 0 Å². The number of fused-ring (bicyclic) bond motifs is 1. The highest BCUT2D eigenvalue weighted by Gasteiger charge is 2.48. The smallest absolute Gasteiger partial charge is 0.301 e. The summed E-state index contributed by atoms with van der Waals surface area (Å²) in [6, 6.07) is 30.8. The summed E-state index contributed by atoms with van der Waals surface area (Å²) in [6.45, 7) is 1.11. The first-order valence-corrected chi connectivity index (χ1v) is 16.3. The fraction of sp³-hybridized carbons (Fsp3) is 0.143. The minimum atomic E-state index is -0.992. The van der Waals surface area contributed by atoms with E-state index in [1.165, 1.54) is 28.0 Å². The molecule has 1 aromatic heterocycles. The second-order valence-electron chi connectivity index (χ2n) is 10.5. The Morgan fingerprint density at radius 3 is 2.39 bits per heavy atom. The van der Waals surface area contributed by atoms with Crippen LogP contribution in [-0.4, -0.2) is 40.2 Å². The number of hydrogen-bond acceptors (Lipinski definition) is 10. The van der Waals surface area contributed by atoms with E-state index in [1.54, 1.807) is 36.4 Å². The highest BCUT2D eigenvalue weighted by Crippen LogP contribution is 2.45. The second kappa shape index (κ2) is 13.1. The normalized spacial score (nSPS) is 16.9. The number of aliphatic hydroxyl groups is 1. The molecule has 11 heteroatoms. The average Bonchev–Trinajstić information content (AvgIpc) is 3.68. The van der Waals surface area contributed by atoms with Crippen molar-refractivity contribution in [3.8, 4) is 17.2 Å². The molecule has 0 radical (unpaired) electrons. The molecule has 230 valence electrons. The summed E-state index contributed by atoms with van der Waals surface area (Å²) in [5.41, 5.74) is 2.93. The summed E-state index contributed by atoms with van der Waals surface area (Å²) >= 11 is 2.71. The molecule has 46 heavy (non-hydrogen) atoms. The predicted octanol–water partition coefficient (Wildman–Crippen LogP) is 6.81. The molecule has 3 heterocycles. The number of benzene rings is 4. The number of rotatable bonds is 9. The zero-order valence-electron chi connectivity index (χ0n) is 24.4. The van der Waals surface area contributed by atoms with Crippen LogP contribution in [0, 0.1) is 0 Å². The van der Waals surface area contributed by atoms with E-state index in [-0.39, 0.29) is 16.5 Å². The number of carbonyl (C=O) groups excluding carboxylic acids is 2. The first kappa shape index (κ1) is 29.6. The first-order valence-electron chi connectivity index (χ1n) is 14.5. The van der Waals surface area contributed by atoms with E-state index in [4.69, 9.17) is 14.2 Å². The number of anilines is 1. The van der Waals surface area contributed by atoms with Crippen molar-refractivity contribution >= 4 is 45.7 Å². The van der Waals surface area contributed by atoms with E-state index in [0.717, 1.165) is 11.1 Å². The molecule has 9 nitrogen and oxygen atoms in total. The van der Waals surface area contributed by atoms with Gasteiger partial charge in [0.1, 0.15) is 31.3 Å². The number of Topliss-reactive ketones (excluding diaryl/α,β-unsaturated/α-hetero) is 1. The van der Waals surface area contributed by atoms with E-state index in [1.807, 2.05) is 66.7 Å². The Morgan fingerprint density at radius 2 is 1.61 bits per heavy atom. The fourth-order valence-electron chi connectivity index (χ4n) is 5.28. The zero-order chi connectivity index (χ0) is 31.5. The molecule has 2 aliphatic rings. The van der Waals surface area contributed by atoms with Crippen LogP contribution in [0.3, 0.4) is 0 Å². The van der Waals surface area contributed by atoms with Crippen molar-refractivity contribution in [2.75, 3.05) is 18.1 Å². The number of thioether (sulfide) groups is 1. The highest BCUT2D eigenvalue weighted by atomic mass is 32.2. The number of ether oxygens (including phenoxy) is 3. The van der Waals surface area contributed by atoms with Gasteiger partial charge in [-0.05, 0) is 47.0 Å². The van der Waals surface area contributed by atoms with Crippen LogP contribution >= 0.6 is 23.1 Å². The summed E-state index contributed by atoms with van der Waals surface area (Å²) in [6.07, 6.45) is 0. The van der Waals surface area contributed by atoms with Gasteiger partial charge >= 0.3 is 5.91 Å². The number of carbonyl (C=O) groups is 2. The fourth-order valence-corrected chi connectivity index (χ4v) is 7.11. The minimum absolute atomic E-state index is 0.0735. The average molecular weight is 650 g/mol. The van der Waals surface area contributed by atoms with Gasteiger partial charge in [-0.3, -0.25) is 14.5 Å². The molecule has 1 amide bonds. The maximum absolute atomic E-state index is 13.7. The number of ketones is 1. The van der Waals surface area contributed by atoms with Crippen molar-refractivity contribution in [1.29, 1.82) is 0 Å². The van der Waals surface area contributed by atoms with Gasteiger partial charge in [0.2, 0.25) is 5.13 Å². The largest absolute Gasteiger partial charge is 0.507 e. The van der Waals surface area contributed by atoms with Crippen LogP contribution in [0.4, 0.5) is 5.13 Å². The van der Waals surface area contributed by atoms with Crippen LogP contribution in [0.2, 0.25) is 0 Å². The van der Waals surface area contributed by atoms with Crippen LogP contribution in [0.1, 0.15) is 28.3 Å². The lowest BCUT2D eigenvalue weighted by Crippen LogP contribution is -2.29. The Morgan fingerprint density at radius 1 is 0.870 bits per heavy atom. The van der Waals surface area contributed by atoms with Gasteiger partial charge in [-0.25, -0.2) is 0 Å². The van der Waals surface area contributed by atoms with Crippen molar-refractivity contribution in [2.45, 2.75) is 22.7 Å². The first-order chi connectivity index (χ1) is 22.5. The van der Waals surface area contributed by atoms with Gasteiger partial charge < -0.3 is 19.3 Å². The summed E-state index contributed by atoms with van der Waals surface area (Å²) < 4.78 is 18.1. The molecule has 1 atom stereocenters. The van der Waals surface area contributed by atoms with Gasteiger partial charge in [0.25, 0.3) is 5.78 Å². The molecule has 1 fully saturated rings. The molecule has 4 aromatic carbocycles. The molecular weight excluding hydrogens is 623 g/mol. The standard InChI is InChI=1S/C35H27N3O6S2/c39-31(25-14-15-27-28(19-25)43-17-16-42-27)29-30(24-12-7-13-26(18-24)44-20-22-8-3-1-4-9-22)38(33(41)32(29)40)34-36-37-35(46-34)45-21-23-10-5-2-6-11-23/h1-15,18-19,30,39H,16-17,20-21H2/b31-29+. The van der Waals surface area contributed by atoms with Gasteiger partial charge in [-0.15, -0.1) is 10.2 Å². The quantitative estimate of drug-likeness (QED) is 0.0606. The van der Waals surface area contributed by atoms with Gasteiger partial charge in [0, 0.05) is 11.3 Å². The minimum Gasteiger partial charge on any atom is -0.507 e. The zero-order valence-corrected chi connectivity index (χ0v) is 26.0. The number of aliphatic hydroxyl groups excluding tert-OH is 1. The molecule has 0 saturated carbocycles. The number of nitrogens with zero attached hydrogens (tertiary/aromatic N) is 3. The van der Waals surface area contributed by atoms with Crippen LogP contribution in [0.5, 0.6) is 17.2 Å². The lowest BCUT2D eigenvalue weighted by Gasteiger charge is -2.23. The Bertz CT molecular complexity index is 1930. The van der Waals surface area contributed by atoms with Crippen molar-refractivity contribution < 1.29 is 28.9 Å². The highest BCUT2D eigenvalue weighted by molar-refractivity contribution is 8.00. The number of hydrogen-bond donors (Lipinski definition) is 1. The Hall–Kier alpha value is -5.13. The maximum atomic E-state index is 13.7. The molecule has 0 aliphatic carbocycles. The van der Waals surface area contributed by atoms with Crippen LogP contribution in [-0.2, 0) is 21.9 Å². The van der Waals surface area contributed by atoms with Crippen molar-refractivity contribution in [2.24, 2.45) is 0 Å². The van der Waals surface area contributed by atoms with E-state index in [9.17, 15) is 14.7 Å². The Balaban J connectivity index is 1.26. The molecule has 1 saturated heterocycles. The van der Waals surface area contributed by atoms with Gasteiger partial charge in [-0.1, -0.05) is 95.9 Å². The van der Waals surface area contributed by atoms with Crippen molar-refractivity contribution in [3.05, 3.63) is 131 Å². The second-order valence-corrected chi connectivity index (χ2v) is 12.7. The number of aromatic nitrogens is 2. The molecule has 0 bridgehead atoms. The number of amides is 1. The summed E-state index contributed by atoms with van der Waals surface area (Å²) in [7, 11) is 0. The van der Waals surface area contributed by atoms with E-state index in [2.05, 4.69) is 10.2 Å². The third kappa shape index (κ3) is 6.07. The van der Waals surface area contributed by atoms with Gasteiger partial charge in [0.15, 0.2) is 15.8 Å². The molecule has 2 aliphatic heterocycles. The monoisotopic (exact) mass is 649 g/mol. The third-order valence-electron chi connectivity index (χ3n) is 7.49. The third-order valence-corrected chi connectivity index (χ3v) is 9.62. The molecule has 1 unspecified atom stereocenters. The van der Waals surface area contributed by atoms with Crippen molar-refractivity contribution in [1.82, 2.24) is 10.2 Å². The topological polar surface area (TPSA) is 111 Å². The van der Waals surface area contributed by atoms with E-state index >= 15 is 0 Å². The van der Waals surface area contributed by atoms with Crippen molar-refractivity contribution in [3.63, 3.8) is 0 Å². The molecule has 7 rings (SSSR count). The van der Waals surface area contributed by atoms with Crippen LogP contribution in [0.25, 0.3) is 5.76 Å². The van der Waals surface area contributed by atoms with Crippen LogP contribution in [0.15, 0.2) is 113 Å². The van der Waals surface area contributed by atoms with E-state index in [0.29, 0.717) is 58.3 Å². The summed E-state index contributed by atoms with van der Waals surface area (Å²) in [5.74, 6) is 0.225. The van der Waals surface area contributed by atoms with Crippen LogP contribution < -0.4 is 19.1 Å². The van der Waals surface area contributed by atoms with Gasteiger partial charge in [0.05, 0.1) is 11.6 Å². The Labute approximate surface area is 273 Å². The maximum Gasteiger partial charge on any atom is 0.301 e. The lowest BCUT2D eigenvalue weighted by atomic mass is 9.95. The van der Waals surface area contributed by atoms with E-state index < -0.39 is 17.7 Å². The summed E-state index contributed by atoms with van der Waals surface area (Å²) in [4.78, 5) is 28.8. The molecule has 5 aromatic rings. The summed E-state index contributed by atoms with van der Waals surface area (Å²) in [5, 5.41) is 20.5. The predicted molar refractivity (Wildman–Crippen MR) is 175 cm³/mol. The molecule has 0 spiro atoms. The molecular formula is C35H27N3O6S2. The SMILES string of the molecule is O=C1C(=O)N(c2nnc(SCc3ccccc3)s2)C(c2cccc(OCc3ccccc3)c2)/C1=C(\O)c1ccc2c(c1)OCCO2.